The second kappa shape index (κ2) is 5.77. The first-order valence-corrected chi connectivity index (χ1v) is 7.59. The molecule has 24 heavy (non-hydrogen) atoms. The first-order chi connectivity index (χ1) is 11.4. The normalized spacial score (nSPS) is 11.2. The zero-order chi connectivity index (χ0) is 17.6. The highest BCUT2D eigenvalue weighted by molar-refractivity contribution is 6.33. The minimum atomic E-state index is -0.481. The molecule has 0 unspecified atom stereocenters. The number of halogens is 1. The van der Waals surface area contributed by atoms with E-state index in [1.165, 1.54) is 18.7 Å². The molecule has 2 heterocycles. The minimum Gasteiger partial charge on any atom is -0.383 e. The Morgan fingerprint density at radius 1 is 1.17 bits per heavy atom. The van der Waals surface area contributed by atoms with Crippen LogP contribution in [0, 0.1) is 0 Å². The van der Waals surface area contributed by atoms with Gasteiger partial charge in [0.05, 0.1) is 5.39 Å². The van der Waals surface area contributed by atoms with Crippen LogP contribution in [-0.2, 0) is 20.6 Å². The van der Waals surface area contributed by atoms with E-state index in [2.05, 4.69) is 4.98 Å². The molecule has 7 nitrogen and oxygen atoms in total. The van der Waals surface area contributed by atoms with Crippen LogP contribution in [0.2, 0.25) is 5.02 Å². The van der Waals surface area contributed by atoms with Crippen molar-refractivity contribution in [3.8, 4) is 11.1 Å². The Hall–Kier alpha value is -2.64. The zero-order valence-electron chi connectivity index (χ0n) is 13.2. The van der Waals surface area contributed by atoms with Crippen molar-refractivity contribution in [2.45, 2.75) is 6.54 Å². The number of anilines is 1. The van der Waals surface area contributed by atoms with Crippen LogP contribution in [0.25, 0.3) is 22.2 Å². The van der Waals surface area contributed by atoms with Crippen LogP contribution >= 0.6 is 11.6 Å². The van der Waals surface area contributed by atoms with Crippen LogP contribution in [0.5, 0.6) is 0 Å². The van der Waals surface area contributed by atoms with Crippen molar-refractivity contribution < 1.29 is 0 Å². The Labute approximate surface area is 142 Å². The van der Waals surface area contributed by atoms with Gasteiger partial charge >= 0.3 is 5.69 Å². The van der Waals surface area contributed by atoms with Crippen molar-refractivity contribution >= 4 is 28.5 Å². The molecule has 0 aliphatic rings. The van der Waals surface area contributed by atoms with Gasteiger partial charge < -0.3 is 11.5 Å². The van der Waals surface area contributed by atoms with Crippen LogP contribution in [0.3, 0.4) is 0 Å². The summed E-state index contributed by atoms with van der Waals surface area (Å²) in [6, 6.07) is 7.08. The summed E-state index contributed by atoms with van der Waals surface area (Å²) in [6.07, 6.45) is 0. The van der Waals surface area contributed by atoms with Gasteiger partial charge in [0.2, 0.25) is 0 Å². The Bertz CT molecular complexity index is 1080. The lowest BCUT2D eigenvalue weighted by Gasteiger charge is -2.16. The van der Waals surface area contributed by atoms with E-state index in [9.17, 15) is 9.59 Å². The number of pyridine rings is 1. The van der Waals surface area contributed by atoms with Crippen LogP contribution in [0.4, 0.5) is 5.82 Å². The Morgan fingerprint density at radius 2 is 1.83 bits per heavy atom. The summed E-state index contributed by atoms with van der Waals surface area (Å²) >= 11 is 6.32. The van der Waals surface area contributed by atoms with Crippen LogP contribution < -0.4 is 22.7 Å². The number of aryl methyl sites for hydroxylation is 1. The maximum Gasteiger partial charge on any atom is 0.332 e. The molecule has 0 radical (unpaired) electrons. The predicted molar refractivity (Wildman–Crippen MR) is 95.0 cm³/mol. The van der Waals surface area contributed by atoms with Crippen molar-refractivity contribution in [1.29, 1.82) is 0 Å². The lowest BCUT2D eigenvalue weighted by atomic mass is 9.97. The van der Waals surface area contributed by atoms with Crippen molar-refractivity contribution in [2.24, 2.45) is 19.8 Å². The average Bonchev–Trinajstić information content (AvgIpc) is 2.57. The summed E-state index contributed by atoms with van der Waals surface area (Å²) in [5.74, 6) is 0.170. The van der Waals surface area contributed by atoms with Crippen LogP contribution in [0.15, 0.2) is 33.9 Å². The second-order valence-corrected chi connectivity index (χ2v) is 5.85. The summed E-state index contributed by atoms with van der Waals surface area (Å²) < 4.78 is 2.31. The van der Waals surface area contributed by atoms with E-state index in [0.29, 0.717) is 21.7 Å². The molecule has 3 rings (SSSR count). The molecule has 0 spiro atoms. The highest BCUT2D eigenvalue weighted by Crippen LogP contribution is 2.35. The van der Waals surface area contributed by atoms with Gasteiger partial charge in [0.1, 0.15) is 5.82 Å². The molecular formula is C16H16ClN5O2. The van der Waals surface area contributed by atoms with Gasteiger partial charge in [-0.3, -0.25) is 13.9 Å². The lowest BCUT2D eigenvalue weighted by Crippen LogP contribution is -2.38. The number of fused-ring (bicyclic) bond motifs is 1. The van der Waals surface area contributed by atoms with E-state index in [1.807, 2.05) is 0 Å². The number of hydrogen-bond donors (Lipinski definition) is 2. The van der Waals surface area contributed by atoms with Crippen LogP contribution in [0.1, 0.15) is 5.56 Å². The predicted octanol–water partition coefficient (Wildman–Crippen LogP) is 0.994. The molecule has 2 aromatic heterocycles. The van der Waals surface area contributed by atoms with Crippen molar-refractivity contribution in [2.75, 3.05) is 5.73 Å². The molecule has 0 atom stereocenters. The Morgan fingerprint density at radius 3 is 2.46 bits per heavy atom. The van der Waals surface area contributed by atoms with E-state index in [0.717, 1.165) is 4.57 Å². The number of aromatic nitrogens is 3. The fourth-order valence-electron chi connectivity index (χ4n) is 2.81. The number of nitrogens with zero attached hydrogens (tertiary/aromatic N) is 3. The van der Waals surface area contributed by atoms with Gasteiger partial charge in [0.15, 0.2) is 5.65 Å². The summed E-state index contributed by atoms with van der Waals surface area (Å²) in [6.45, 7) is 0.0846. The first kappa shape index (κ1) is 16.2. The molecule has 3 aromatic rings. The van der Waals surface area contributed by atoms with Crippen molar-refractivity contribution in [1.82, 2.24) is 14.1 Å². The summed E-state index contributed by atoms with van der Waals surface area (Å²) in [5.41, 5.74) is 12.8. The van der Waals surface area contributed by atoms with Gasteiger partial charge in [0, 0.05) is 42.4 Å². The molecule has 0 saturated heterocycles. The number of benzene rings is 1. The highest BCUT2D eigenvalue weighted by atomic mass is 35.5. The molecule has 0 bridgehead atoms. The molecule has 0 aliphatic heterocycles. The minimum absolute atomic E-state index is 0.0846. The number of rotatable bonds is 2. The van der Waals surface area contributed by atoms with E-state index >= 15 is 0 Å². The highest BCUT2D eigenvalue weighted by Gasteiger charge is 2.21. The third kappa shape index (κ3) is 2.21. The smallest absolute Gasteiger partial charge is 0.332 e. The van der Waals surface area contributed by atoms with E-state index in [-0.39, 0.29) is 23.4 Å². The molecular weight excluding hydrogens is 330 g/mol. The topological polar surface area (TPSA) is 109 Å². The molecule has 124 valence electrons. The average molecular weight is 346 g/mol. The molecule has 0 amide bonds. The number of nitrogen functional groups attached to an aromatic ring is 1. The molecule has 0 aliphatic carbocycles. The fraction of sp³-hybridized carbons (Fsp3) is 0.188. The van der Waals surface area contributed by atoms with Crippen LogP contribution in [-0.4, -0.2) is 14.1 Å². The van der Waals surface area contributed by atoms with Gasteiger partial charge in [-0.1, -0.05) is 29.8 Å². The largest absolute Gasteiger partial charge is 0.383 e. The molecule has 8 heteroatoms. The molecule has 4 N–H and O–H groups in total. The van der Waals surface area contributed by atoms with E-state index < -0.39 is 11.2 Å². The Balaban J connectivity index is 2.68. The molecule has 0 saturated carbocycles. The van der Waals surface area contributed by atoms with Crippen molar-refractivity contribution in [3.05, 3.63) is 55.7 Å². The Kier molecular flexibility index (Phi) is 3.90. The summed E-state index contributed by atoms with van der Waals surface area (Å²) in [4.78, 5) is 29.2. The van der Waals surface area contributed by atoms with Gasteiger partial charge in [-0.15, -0.1) is 0 Å². The van der Waals surface area contributed by atoms with E-state index in [1.54, 1.807) is 24.3 Å². The quantitative estimate of drug-likeness (QED) is 0.720. The standard InChI is InChI=1S/C16H16ClN5O2/c1-21-14-12(15(23)22(2)16(21)24)11(9(7-18)13(19)20-14)8-5-3-4-6-10(8)17/h3-6H,7,18H2,1-2H3,(H2,19,20). The van der Waals surface area contributed by atoms with Gasteiger partial charge in [-0.2, -0.15) is 0 Å². The summed E-state index contributed by atoms with van der Waals surface area (Å²) in [7, 11) is 2.95. The van der Waals surface area contributed by atoms with Crippen molar-refractivity contribution in [3.63, 3.8) is 0 Å². The van der Waals surface area contributed by atoms with E-state index in [4.69, 9.17) is 23.1 Å². The molecule has 0 fully saturated rings. The van der Waals surface area contributed by atoms with Gasteiger partial charge in [-0.05, 0) is 6.07 Å². The van der Waals surface area contributed by atoms with Gasteiger partial charge in [0.25, 0.3) is 5.56 Å². The third-order valence-corrected chi connectivity index (χ3v) is 4.40. The zero-order valence-corrected chi connectivity index (χ0v) is 14.0. The second-order valence-electron chi connectivity index (χ2n) is 5.44. The maximum absolute atomic E-state index is 12.8. The number of nitrogens with two attached hydrogens (primary N) is 2. The maximum atomic E-state index is 12.8. The molecule has 1 aromatic carbocycles. The third-order valence-electron chi connectivity index (χ3n) is 4.07. The lowest BCUT2D eigenvalue weighted by molar-refractivity contribution is 0.708. The SMILES string of the molecule is Cn1c(=O)c2c(-c3ccccc3Cl)c(CN)c(N)nc2n(C)c1=O. The first-order valence-electron chi connectivity index (χ1n) is 7.21. The monoisotopic (exact) mass is 345 g/mol. The number of hydrogen-bond acceptors (Lipinski definition) is 5. The fourth-order valence-corrected chi connectivity index (χ4v) is 3.04. The summed E-state index contributed by atoms with van der Waals surface area (Å²) in [5, 5.41) is 0.720. The van der Waals surface area contributed by atoms with Gasteiger partial charge in [-0.25, -0.2) is 9.78 Å².